The molecule has 0 saturated carbocycles. The molecule has 0 saturated heterocycles. The van der Waals surface area contributed by atoms with Crippen molar-refractivity contribution in [2.45, 2.75) is 27.2 Å². The quantitative estimate of drug-likeness (QED) is 0.675. The van der Waals surface area contributed by atoms with Gasteiger partial charge in [-0.15, -0.1) is 0 Å². The van der Waals surface area contributed by atoms with E-state index in [4.69, 9.17) is 5.11 Å². The highest BCUT2D eigenvalue weighted by Gasteiger charge is 2.23. The first-order valence-electron chi connectivity index (χ1n) is 8.10. The Balaban J connectivity index is 2.12. The summed E-state index contributed by atoms with van der Waals surface area (Å²) >= 11 is 0. The largest absolute Gasteiger partial charge is 0.481 e. The van der Waals surface area contributed by atoms with Crippen LogP contribution in [-0.4, -0.2) is 36.7 Å². The van der Waals surface area contributed by atoms with Crippen LogP contribution in [0.3, 0.4) is 0 Å². The molecular formula is C18H17F2N5O2. The van der Waals surface area contributed by atoms with Crippen molar-refractivity contribution in [2.75, 3.05) is 0 Å². The number of halogens is 2. The summed E-state index contributed by atoms with van der Waals surface area (Å²) in [6.07, 6.45) is 3.23. The molecule has 0 amide bonds. The summed E-state index contributed by atoms with van der Waals surface area (Å²) in [6.45, 7) is 5.34. The Labute approximate surface area is 153 Å². The Kier molecular flexibility index (Phi) is 4.69. The van der Waals surface area contributed by atoms with E-state index in [9.17, 15) is 13.6 Å². The molecule has 0 aliphatic carbocycles. The number of aromatic nitrogens is 4. The van der Waals surface area contributed by atoms with Crippen molar-refractivity contribution in [3.8, 4) is 11.4 Å². The van der Waals surface area contributed by atoms with E-state index in [-0.39, 0.29) is 23.8 Å². The van der Waals surface area contributed by atoms with Crippen LogP contribution < -0.4 is 0 Å². The van der Waals surface area contributed by atoms with Crippen molar-refractivity contribution < 1.29 is 18.7 Å². The molecule has 3 aromatic heterocycles. The molecule has 7 nitrogen and oxygen atoms in total. The third-order valence-electron chi connectivity index (χ3n) is 3.89. The van der Waals surface area contributed by atoms with Crippen molar-refractivity contribution in [1.82, 2.24) is 19.9 Å². The molecule has 27 heavy (non-hydrogen) atoms. The first kappa shape index (κ1) is 18.6. The molecule has 0 radical (unpaired) electrons. The van der Waals surface area contributed by atoms with Gasteiger partial charge in [0, 0.05) is 28.3 Å². The first-order chi connectivity index (χ1) is 12.6. The number of H-pyrrole nitrogens is 1. The van der Waals surface area contributed by atoms with Crippen LogP contribution in [0, 0.1) is 17.0 Å². The average molecular weight is 373 g/mol. The Hall–Kier alpha value is -3.23. The maximum atomic E-state index is 14.2. The van der Waals surface area contributed by atoms with Crippen molar-refractivity contribution in [3.63, 3.8) is 0 Å². The smallest absolute Gasteiger partial charge is 0.309 e. The number of nitrogens with zero attached hydrogens (tertiary/aromatic N) is 4. The van der Waals surface area contributed by atoms with E-state index in [1.165, 1.54) is 6.07 Å². The van der Waals surface area contributed by atoms with E-state index < -0.39 is 23.0 Å². The molecule has 2 N–H and O–H groups in total. The molecule has 3 heterocycles. The highest BCUT2D eigenvalue weighted by Crippen LogP contribution is 2.29. The van der Waals surface area contributed by atoms with Crippen LogP contribution in [0.4, 0.5) is 14.6 Å². The summed E-state index contributed by atoms with van der Waals surface area (Å²) in [7, 11) is 0. The van der Waals surface area contributed by atoms with Crippen LogP contribution >= 0.6 is 0 Å². The third-order valence-corrected chi connectivity index (χ3v) is 3.89. The minimum atomic E-state index is -1.07. The van der Waals surface area contributed by atoms with Gasteiger partial charge in [0.2, 0.25) is 0 Å². The van der Waals surface area contributed by atoms with Gasteiger partial charge in [0.1, 0.15) is 11.5 Å². The number of aliphatic carboxylic acids is 1. The maximum absolute atomic E-state index is 14.2. The molecule has 9 heteroatoms. The van der Waals surface area contributed by atoms with E-state index in [1.54, 1.807) is 27.0 Å². The lowest BCUT2D eigenvalue weighted by Crippen LogP contribution is -2.23. The van der Waals surface area contributed by atoms with Gasteiger partial charge in [0.25, 0.3) is 0 Å². The molecule has 0 unspecified atom stereocenters. The Morgan fingerprint density at radius 2 is 2.00 bits per heavy atom. The average Bonchev–Trinajstić information content (AvgIpc) is 2.98. The number of carboxylic acid groups (broad SMARTS) is 1. The van der Waals surface area contributed by atoms with Gasteiger partial charge >= 0.3 is 5.97 Å². The number of nitrogens with one attached hydrogen (secondary N) is 1. The fourth-order valence-electron chi connectivity index (χ4n) is 2.47. The van der Waals surface area contributed by atoms with Crippen LogP contribution in [0.5, 0.6) is 0 Å². The van der Waals surface area contributed by atoms with Crippen molar-refractivity contribution in [3.05, 3.63) is 36.3 Å². The third kappa shape index (κ3) is 3.97. The Morgan fingerprint density at radius 1 is 1.26 bits per heavy atom. The van der Waals surface area contributed by atoms with Crippen LogP contribution in [0.25, 0.3) is 22.4 Å². The van der Waals surface area contributed by atoms with E-state index >= 15 is 0 Å². The number of aromatic amines is 1. The molecular weight excluding hydrogens is 356 g/mol. The van der Waals surface area contributed by atoms with Crippen molar-refractivity contribution in [1.29, 1.82) is 0 Å². The second-order valence-corrected chi connectivity index (χ2v) is 7.00. The minimum Gasteiger partial charge on any atom is -0.481 e. The predicted molar refractivity (Wildman–Crippen MR) is 95.8 cm³/mol. The number of rotatable bonds is 4. The van der Waals surface area contributed by atoms with Crippen LogP contribution in [-0.2, 0) is 4.79 Å². The van der Waals surface area contributed by atoms with Gasteiger partial charge in [-0.05, 0) is 6.07 Å². The number of carboxylic acids is 1. The lowest BCUT2D eigenvalue weighted by molar-refractivity contribution is -0.135. The van der Waals surface area contributed by atoms with Gasteiger partial charge in [-0.2, -0.15) is 0 Å². The lowest BCUT2D eigenvalue weighted by Gasteiger charge is -2.20. The van der Waals surface area contributed by atoms with Crippen molar-refractivity contribution >= 4 is 28.5 Å². The Morgan fingerprint density at radius 3 is 2.67 bits per heavy atom. The summed E-state index contributed by atoms with van der Waals surface area (Å²) in [5, 5.41) is 9.53. The molecule has 0 aliphatic rings. The Bertz CT molecular complexity index is 1050. The zero-order valence-electron chi connectivity index (χ0n) is 14.9. The highest BCUT2D eigenvalue weighted by molar-refractivity contribution is 6.02. The molecule has 0 aromatic carbocycles. The van der Waals surface area contributed by atoms with E-state index in [0.717, 1.165) is 12.4 Å². The molecule has 0 aliphatic heterocycles. The van der Waals surface area contributed by atoms with E-state index in [2.05, 4.69) is 24.9 Å². The normalized spacial score (nSPS) is 12.6. The van der Waals surface area contributed by atoms with Gasteiger partial charge in [0.15, 0.2) is 17.5 Å². The fraction of sp³-hybridized carbons (Fsp3) is 0.278. The summed E-state index contributed by atoms with van der Waals surface area (Å²) < 4.78 is 27.7. The molecule has 3 aromatic rings. The molecule has 0 fully saturated rings. The molecule has 0 spiro atoms. The summed E-state index contributed by atoms with van der Waals surface area (Å²) in [4.78, 5) is 30.1. The molecule has 0 atom stereocenters. The van der Waals surface area contributed by atoms with Gasteiger partial charge in [-0.3, -0.25) is 4.79 Å². The zero-order valence-corrected chi connectivity index (χ0v) is 14.9. The molecule has 3 rings (SSSR count). The predicted octanol–water partition coefficient (Wildman–Crippen LogP) is 3.89. The molecule has 140 valence electrons. The standard InChI is InChI=1S/C18H17F2N5O2/c1-18(2,3)13(5-14(26)27)24-17-12(20)8-23-16(25-17)11-7-22-15-10(11)4-9(19)6-21-15/h4,6-8H,5H2,1-3H3,(H,21,22)(H,26,27)/b24-13-. The lowest BCUT2D eigenvalue weighted by atomic mass is 9.88. The van der Waals surface area contributed by atoms with Crippen LogP contribution in [0.1, 0.15) is 27.2 Å². The van der Waals surface area contributed by atoms with Gasteiger partial charge in [-0.25, -0.2) is 28.7 Å². The van der Waals surface area contributed by atoms with Gasteiger partial charge in [0.05, 0.1) is 18.8 Å². The summed E-state index contributed by atoms with van der Waals surface area (Å²) in [6, 6.07) is 1.27. The fourth-order valence-corrected chi connectivity index (χ4v) is 2.47. The number of hydrogen-bond donors (Lipinski definition) is 2. The number of carbonyl (C=O) groups is 1. The maximum Gasteiger partial charge on any atom is 0.309 e. The highest BCUT2D eigenvalue weighted by atomic mass is 19.1. The van der Waals surface area contributed by atoms with Gasteiger partial charge in [-0.1, -0.05) is 20.8 Å². The van der Waals surface area contributed by atoms with Crippen molar-refractivity contribution in [2.24, 2.45) is 10.4 Å². The minimum absolute atomic E-state index is 0.123. The second kappa shape index (κ2) is 6.82. The number of hydrogen-bond acceptors (Lipinski definition) is 5. The van der Waals surface area contributed by atoms with Crippen LogP contribution in [0.2, 0.25) is 0 Å². The second-order valence-electron chi connectivity index (χ2n) is 7.00. The monoisotopic (exact) mass is 373 g/mol. The number of pyridine rings is 1. The number of fused-ring (bicyclic) bond motifs is 1. The van der Waals surface area contributed by atoms with E-state index in [1.807, 2.05) is 0 Å². The SMILES string of the molecule is CC(C)(C)/C(CC(=O)O)=N\c1nc(-c2c[nH]c3ncc(F)cc23)ncc1F. The first-order valence-corrected chi connectivity index (χ1v) is 8.10. The summed E-state index contributed by atoms with van der Waals surface area (Å²) in [5.41, 5.74) is 0.545. The van der Waals surface area contributed by atoms with Crippen LogP contribution in [0.15, 0.2) is 29.6 Å². The topological polar surface area (TPSA) is 104 Å². The summed E-state index contributed by atoms with van der Waals surface area (Å²) in [5.74, 6) is -2.53. The molecule has 0 bridgehead atoms. The number of aliphatic imine (C=N–C) groups is 1. The van der Waals surface area contributed by atoms with E-state index in [0.29, 0.717) is 16.6 Å². The van der Waals surface area contributed by atoms with Gasteiger partial charge < -0.3 is 10.1 Å². The zero-order chi connectivity index (χ0) is 19.8.